The fourth-order valence-electron chi connectivity index (χ4n) is 2.74. The van der Waals surface area contributed by atoms with Gasteiger partial charge in [0, 0.05) is 10.6 Å². The number of carbonyl (C=O) groups excluding carboxylic acids is 1. The normalized spacial score (nSPS) is 11.8. The van der Waals surface area contributed by atoms with Crippen molar-refractivity contribution < 1.29 is 18.7 Å². The summed E-state index contributed by atoms with van der Waals surface area (Å²) in [6, 6.07) is 16.4. The number of aryl methyl sites for hydroxylation is 1. The van der Waals surface area contributed by atoms with E-state index in [0.29, 0.717) is 32.2 Å². The Morgan fingerprint density at radius 3 is 2.61 bits per heavy atom. The second-order valence-electron chi connectivity index (χ2n) is 6.62. The van der Waals surface area contributed by atoms with Crippen molar-refractivity contribution in [1.82, 2.24) is 15.2 Å². The Morgan fingerprint density at radius 2 is 1.87 bits per heavy atom. The highest BCUT2D eigenvalue weighted by Gasteiger charge is 2.23. The van der Waals surface area contributed by atoms with Crippen molar-refractivity contribution in [2.75, 3.05) is 0 Å². The number of benzene rings is 2. The summed E-state index contributed by atoms with van der Waals surface area (Å²) >= 11 is 7.10. The molecule has 0 N–H and O–H groups in total. The molecule has 0 saturated carbocycles. The number of carbonyl (C=O) groups is 1. The molecule has 158 valence electrons. The van der Waals surface area contributed by atoms with Crippen molar-refractivity contribution in [1.29, 1.82) is 0 Å². The highest BCUT2D eigenvalue weighted by Crippen LogP contribution is 2.26. The highest BCUT2D eigenvalue weighted by atomic mass is 35.5. The summed E-state index contributed by atoms with van der Waals surface area (Å²) in [5, 5.41) is 9.32. The molecular formula is C22H18ClN3O4S. The molecule has 0 aliphatic carbocycles. The Hall–Kier alpha value is -3.23. The van der Waals surface area contributed by atoms with Crippen LogP contribution >= 0.6 is 22.9 Å². The van der Waals surface area contributed by atoms with Gasteiger partial charge in [-0.05, 0) is 50.2 Å². The third kappa shape index (κ3) is 5.10. The van der Waals surface area contributed by atoms with Gasteiger partial charge in [-0.1, -0.05) is 29.8 Å². The Bertz CT molecular complexity index is 1180. The molecule has 0 aliphatic heterocycles. The molecule has 1 unspecified atom stereocenters. The Balaban J connectivity index is 1.39. The van der Waals surface area contributed by atoms with Gasteiger partial charge in [-0.2, -0.15) is 0 Å². The maximum atomic E-state index is 12.7. The first kappa shape index (κ1) is 21.0. The van der Waals surface area contributed by atoms with E-state index in [4.69, 9.17) is 25.5 Å². The van der Waals surface area contributed by atoms with Crippen LogP contribution in [0.5, 0.6) is 5.75 Å². The zero-order valence-corrected chi connectivity index (χ0v) is 18.3. The van der Waals surface area contributed by atoms with Gasteiger partial charge in [0.1, 0.15) is 22.2 Å². The summed E-state index contributed by atoms with van der Waals surface area (Å²) < 4.78 is 16.9. The van der Waals surface area contributed by atoms with Crippen LogP contribution in [0.15, 0.2) is 59.0 Å². The zero-order valence-electron chi connectivity index (χ0n) is 16.7. The molecule has 31 heavy (non-hydrogen) atoms. The van der Waals surface area contributed by atoms with Crippen molar-refractivity contribution in [2.45, 2.75) is 26.6 Å². The monoisotopic (exact) mass is 455 g/mol. The van der Waals surface area contributed by atoms with Crippen LogP contribution in [-0.2, 0) is 11.3 Å². The molecule has 2 aromatic carbocycles. The summed E-state index contributed by atoms with van der Waals surface area (Å²) in [5.74, 6) is 0.759. The maximum Gasteiger partial charge on any atom is 0.351 e. The molecule has 0 aliphatic rings. The van der Waals surface area contributed by atoms with Gasteiger partial charge < -0.3 is 13.9 Å². The van der Waals surface area contributed by atoms with Crippen molar-refractivity contribution in [3.63, 3.8) is 0 Å². The molecule has 7 nitrogen and oxygen atoms in total. The third-order valence-electron chi connectivity index (χ3n) is 4.30. The highest BCUT2D eigenvalue weighted by molar-refractivity contribution is 7.13. The number of hydrogen-bond acceptors (Lipinski definition) is 8. The Morgan fingerprint density at radius 1 is 1.13 bits per heavy atom. The number of aromatic nitrogens is 3. The minimum Gasteiger partial charge on any atom is -0.486 e. The van der Waals surface area contributed by atoms with Crippen LogP contribution in [0.3, 0.4) is 0 Å². The summed E-state index contributed by atoms with van der Waals surface area (Å²) in [4.78, 5) is 17.5. The van der Waals surface area contributed by atoms with Gasteiger partial charge in [-0.15, -0.1) is 21.5 Å². The second kappa shape index (κ2) is 9.28. The Labute approximate surface area is 187 Å². The van der Waals surface area contributed by atoms with Crippen LogP contribution in [-0.4, -0.2) is 21.2 Å². The lowest BCUT2D eigenvalue weighted by atomic mass is 10.2. The van der Waals surface area contributed by atoms with E-state index in [1.54, 1.807) is 38.1 Å². The van der Waals surface area contributed by atoms with Gasteiger partial charge in [-0.3, -0.25) is 0 Å². The first-order valence-corrected chi connectivity index (χ1v) is 10.6. The van der Waals surface area contributed by atoms with Gasteiger partial charge in [0.25, 0.3) is 5.89 Å². The van der Waals surface area contributed by atoms with E-state index in [2.05, 4.69) is 15.2 Å². The van der Waals surface area contributed by atoms with Crippen molar-refractivity contribution in [2.24, 2.45) is 0 Å². The lowest BCUT2D eigenvalue weighted by Crippen LogP contribution is -2.09. The number of esters is 1. The van der Waals surface area contributed by atoms with E-state index in [9.17, 15) is 4.79 Å². The van der Waals surface area contributed by atoms with Crippen LogP contribution in [0.25, 0.3) is 11.5 Å². The molecular weight excluding hydrogens is 438 g/mol. The number of ether oxygens (including phenoxy) is 2. The molecule has 1 atom stereocenters. The van der Waals surface area contributed by atoms with Crippen LogP contribution in [0, 0.1) is 6.92 Å². The first-order chi connectivity index (χ1) is 15.0. The molecule has 4 rings (SSSR count). The molecule has 0 bridgehead atoms. The van der Waals surface area contributed by atoms with Crippen LogP contribution in [0.2, 0.25) is 5.02 Å². The Kier molecular flexibility index (Phi) is 6.29. The smallest absolute Gasteiger partial charge is 0.351 e. The lowest BCUT2D eigenvalue weighted by molar-refractivity contribution is 0.0284. The number of rotatable bonds is 7. The molecule has 0 fully saturated rings. The fourth-order valence-corrected chi connectivity index (χ4v) is 3.73. The standard InChI is InChI=1S/C22H18ClN3O4S/c1-13-19(31-18(24-13)12-28-17-10-8-16(23)9-11-17)22(27)29-14(2)20-25-26-21(30-20)15-6-4-3-5-7-15/h3-11,14H,12H2,1-2H3. The zero-order chi connectivity index (χ0) is 21.8. The molecule has 9 heteroatoms. The third-order valence-corrected chi connectivity index (χ3v) is 5.66. The molecule has 0 radical (unpaired) electrons. The van der Waals surface area contributed by atoms with Gasteiger partial charge in [0.15, 0.2) is 6.10 Å². The van der Waals surface area contributed by atoms with E-state index in [1.165, 1.54) is 11.3 Å². The van der Waals surface area contributed by atoms with Gasteiger partial charge in [0.05, 0.1) is 5.69 Å². The van der Waals surface area contributed by atoms with Gasteiger partial charge in [0.2, 0.25) is 5.89 Å². The molecule has 0 spiro atoms. The van der Waals surface area contributed by atoms with E-state index < -0.39 is 12.1 Å². The molecule has 0 saturated heterocycles. The number of nitrogens with zero attached hydrogens (tertiary/aromatic N) is 3. The van der Waals surface area contributed by atoms with Crippen LogP contribution < -0.4 is 4.74 Å². The fraction of sp³-hybridized carbons (Fsp3) is 0.182. The predicted octanol–water partition coefficient (Wildman–Crippen LogP) is 5.65. The average Bonchev–Trinajstić information content (AvgIpc) is 3.41. The van der Waals surface area contributed by atoms with Gasteiger partial charge >= 0.3 is 5.97 Å². The lowest BCUT2D eigenvalue weighted by Gasteiger charge is -2.08. The second-order valence-corrected chi connectivity index (χ2v) is 8.14. The SMILES string of the molecule is Cc1nc(COc2ccc(Cl)cc2)sc1C(=O)OC(C)c1nnc(-c2ccccc2)o1. The van der Waals surface area contributed by atoms with Crippen LogP contribution in [0.4, 0.5) is 0 Å². The molecule has 2 aromatic heterocycles. The van der Waals surface area contributed by atoms with E-state index in [1.807, 2.05) is 30.3 Å². The molecule has 0 amide bonds. The number of hydrogen-bond donors (Lipinski definition) is 0. The minimum atomic E-state index is -0.701. The summed E-state index contributed by atoms with van der Waals surface area (Å²) in [6.07, 6.45) is -0.701. The van der Waals surface area contributed by atoms with E-state index in [0.717, 1.165) is 5.56 Å². The van der Waals surface area contributed by atoms with Crippen LogP contribution in [0.1, 0.15) is 39.3 Å². The molecule has 4 aromatic rings. The topological polar surface area (TPSA) is 87.3 Å². The predicted molar refractivity (Wildman–Crippen MR) is 116 cm³/mol. The first-order valence-electron chi connectivity index (χ1n) is 9.44. The summed E-state index contributed by atoms with van der Waals surface area (Å²) in [7, 11) is 0. The largest absolute Gasteiger partial charge is 0.486 e. The number of halogens is 1. The maximum absolute atomic E-state index is 12.7. The average molecular weight is 456 g/mol. The minimum absolute atomic E-state index is 0.223. The molecule has 2 heterocycles. The van der Waals surface area contributed by atoms with Crippen molar-refractivity contribution in [3.05, 3.63) is 81.1 Å². The summed E-state index contributed by atoms with van der Waals surface area (Å²) in [6.45, 7) is 3.67. The van der Waals surface area contributed by atoms with E-state index in [-0.39, 0.29) is 12.5 Å². The number of thiazole rings is 1. The van der Waals surface area contributed by atoms with Crippen molar-refractivity contribution in [3.8, 4) is 17.2 Å². The van der Waals surface area contributed by atoms with E-state index >= 15 is 0 Å². The quantitative estimate of drug-likeness (QED) is 0.332. The summed E-state index contributed by atoms with van der Waals surface area (Å²) in [5.41, 5.74) is 1.37. The van der Waals surface area contributed by atoms with Crippen molar-refractivity contribution >= 4 is 28.9 Å². The van der Waals surface area contributed by atoms with Gasteiger partial charge in [-0.25, -0.2) is 9.78 Å².